The first-order chi connectivity index (χ1) is 11.6. The van der Waals surface area contributed by atoms with Crippen LogP contribution in [0, 0.1) is 11.8 Å². The number of hydrogen-bond donors (Lipinski definition) is 2. The van der Waals surface area contributed by atoms with E-state index >= 15 is 0 Å². The molecular formula is C18H14N4O2. The Hall–Kier alpha value is -3.59. The number of aromatic nitrogens is 2. The fourth-order valence-corrected chi connectivity index (χ4v) is 2.20. The zero-order valence-corrected chi connectivity index (χ0v) is 12.9. The zero-order valence-electron chi connectivity index (χ0n) is 12.9. The van der Waals surface area contributed by atoms with Crippen LogP contribution in [-0.2, 0) is 4.74 Å². The van der Waals surface area contributed by atoms with Gasteiger partial charge in [-0.2, -0.15) is 4.98 Å². The largest absolute Gasteiger partial charge is 0.465 e. The van der Waals surface area contributed by atoms with E-state index in [1.165, 1.54) is 7.11 Å². The lowest BCUT2D eigenvalue weighted by Crippen LogP contribution is -2.00. The molecule has 2 aromatic carbocycles. The van der Waals surface area contributed by atoms with E-state index in [1.54, 1.807) is 30.3 Å². The maximum absolute atomic E-state index is 11.4. The molecule has 0 aliphatic rings. The van der Waals surface area contributed by atoms with Crippen molar-refractivity contribution in [2.45, 2.75) is 0 Å². The van der Waals surface area contributed by atoms with Crippen LogP contribution in [0.1, 0.15) is 21.5 Å². The zero-order chi connectivity index (χ0) is 17.1. The van der Waals surface area contributed by atoms with Crippen molar-refractivity contribution < 1.29 is 9.53 Å². The molecule has 0 spiro atoms. The summed E-state index contributed by atoms with van der Waals surface area (Å²) in [5, 5.41) is 0.706. The van der Waals surface area contributed by atoms with Crippen molar-refractivity contribution in [3.8, 4) is 11.8 Å². The van der Waals surface area contributed by atoms with Gasteiger partial charge in [0.2, 0.25) is 5.95 Å². The number of rotatable bonds is 1. The Morgan fingerprint density at radius 2 is 1.67 bits per heavy atom. The summed E-state index contributed by atoms with van der Waals surface area (Å²) in [6, 6.07) is 12.3. The molecule has 0 aliphatic heterocycles. The normalized spacial score (nSPS) is 10.0. The molecule has 0 atom stereocenters. The number of methoxy groups -OCH3 is 1. The number of benzene rings is 2. The highest BCUT2D eigenvalue weighted by Gasteiger charge is 2.04. The molecule has 0 aliphatic carbocycles. The summed E-state index contributed by atoms with van der Waals surface area (Å²) in [5.74, 6) is 6.17. The number of carbonyl (C=O) groups is 1. The molecule has 3 rings (SSSR count). The van der Waals surface area contributed by atoms with Crippen LogP contribution in [0.4, 0.5) is 11.8 Å². The molecule has 1 heterocycles. The highest BCUT2D eigenvalue weighted by Crippen LogP contribution is 2.19. The highest BCUT2D eigenvalue weighted by atomic mass is 16.5. The standard InChI is InChI=1S/C18H14N4O2/c1-24-17(23)13-7-4-11(5-8-13)2-3-12-6-9-15-14(10-12)16(19)22-18(20)21-15/h4-10H,1H3,(H4,19,20,21,22). The van der Waals surface area contributed by atoms with Crippen molar-refractivity contribution in [1.82, 2.24) is 9.97 Å². The Balaban J connectivity index is 1.90. The van der Waals surface area contributed by atoms with E-state index in [0.717, 1.165) is 11.1 Å². The Morgan fingerprint density at radius 1 is 1.00 bits per heavy atom. The molecule has 0 fully saturated rings. The number of ether oxygens (including phenoxy) is 1. The molecule has 0 unspecified atom stereocenters. The van der Waals surface area contributed by atoms with E-state index in [0.29, 0.717) is 22.3 Å². The van der Waals surface area contributed by atoms with Crippen molar-refractivity contribution in [3.63, 3.8) is 0 Å². The second-order valence-corrected chi connectivity index (χ2v) is 5.02. The number of nitrogens with two attached hydrogens (primary N) is 2. The van der Waals surface area contributed by atoms with Gasteiger partial charge < -0.3 is 16.2 Å². The smallest absolute Gasteiger partial charge is 0.337 e. The Morgan fingerprint density at radius 3 is 2.38 bits per heavy atom. The maximum atomic E-state index is 11.4. The second-order valence-electron chi connectivity index (χ2n) is 5.02. The summed E-state index contributed by atoms with van der Waals surface area (Å²) >= 11 is 0. The molecule has 0 saturated carbocycles. The monoisotopic (exact) mass is 318 g/mol. The maximum Gasteiger partial charge on any atom is 0.337 e. The SMILES string of the molecule is COC(=O)c1ccc(C#Cc2ccc3nc(N)nc(N)c3c2)cc1. The third-order valence-corrected chi connectivity index (χ3v) is 3.40. The molecule has 0 radical (unpaired) electrons. The van der Waals surface area contributed by atoms with Gasteiger partial charge in [-0.15, -0.1) is 0 Å². The van der Waals surface area contributed by atoms with Crippen LogP contribution < -0.4 is 11.5 Å². The molecule has 3 aromatic rings. The molecule has 118 valence electrons. The Labute approximate surface area is 138 Å². The second kappa shape index (κ2) is 6.26. The van der Waals surface area contributed by atoms with Gasteiger partial charge >= 0.3 is 5.97 Å². The van der Waals surface area contributed by atoms with Gasteiger partial charge in [-0.25, -0.2) is 9.78 Å². The predicted molar refractivity (Wildman–Crippen MR) is 92.1 cm³/mol. The Kier molecular flexibility index (Phi) is 4.00. The van der Waals surface area contributed by atoms with E-state index in [9.17, 15) is 4.79 Å². The van der Waals surface area contributed by atoms with Gasteiger partial charge in [0.05, 0.1) is 18.2 Å². The van der Waals surface area contributed by atoms with Crippen LogP contribution in [0.15, 0.2) is 42.5 Å². The van der Waals surface area contributed by atoms with Crippen LogP contribution >= 0.6 is 0 Å². The van der Waals surface area contributed by atoms with Gasteiger partial charge in [0, 0.05) is 16.5 Å². The van der Waals surface area contributed by atoms with Gasteiger partial charge in [-0.3, -0.25) is 0 Å². The summed E-state index contributed by atoms with van der Waals surface area (Å²) in [7, 11) is 1.35. The third kappa shape index (κ3) is 3.10. The predicted octanol–water partition coefficient (Wildman–Crippen LogP) is 1.98. The van der Waals surface area contributed by atoms with Crippen molar-refractivity contribution >= 4 is 28.6 Å². The first-order valence-electron chi connectivity index (χ1n) is 7.10. The third-order valence-electron chi connectivity index (χ3n) is 3.40. The summed E-state index contributed by atoms with van der Waals surface area (Å²) in [5.41, 5.74) is 14.2. The summed E-state index contributed by atoms with van der Waals surface area (Å²) < 4.78 is 4.66. The van der Waals surface area contributed by atoms with Gasteiger partial charge in [-0.1, -0.05) is 11.8 Å². The van der Waals surface area contributed by atoms with E-state index in [4.69, 9.17) is 11.5 Å². The molecule has 24 heavy (non-hydrogen) atoms. The van der Waals surface area contributed by atoms with E-state index < -0.39 is 0 Å². The quantitative estimate of drug-likeness (QED) is 0.525. The average Bonchev–Trinajstić information content (AvgIpc) is 2.60. The number of anilines is 2. The average molecular weight is 318 g/mol. The molecular weight excluding hydrogens is 304 g/mol. The fourth-order valence-electron chi connectivity index (χ4n) is 2.20. The van der Waals surface area contributed by atoms with Gasteiger partial charge in [-0.05, 0) is 42.5 Å². The fraction of sp³-hybridized carbons (Fsp3) is 0.0556. The highest BCUT2D eigenvalue weighted by molar-refractivity contribution is 5.90. The lowest BCUT2D eigenvalue weighted by Gasteiger charge is -2.02. The minimum Gasteiger partial charge on any atom is -0.465 e. The van der Waals surface area contributed by atoms with E-state index in [-0.39, 0.29) is 11.9 Å². The van der Waals surface area contributed by atoms with Crippen LogP contribution in [0.2, 0.25) is 0 Å². The molecule has 0 amide bonds. The van der Waals surface area contributed by atoms with Crippen LogP contribution in [-0.4, -0.2) is 23.0 Å². The number of nitrogen functional groups attached to an aromatic ring is 2. The number of nitrogens with zero attached hydrogens (tertiary/aromatic N) is 2. The van der Waals surface area contributed by atoms with Gasteiger partial charge in [0.15, 0.2) is 0 Å². The lowest BCUT2D eigenvalue weighted by atomic mass is 10.1. The molecule has 1 aromatic heterocycles. The van der Waals surface area contributed by atoms with Crippen molar-refractivity contribution in [2.24, 2.45) is 0 Å². The minimum atomic E-state index is -0.376. The molecule has 0 bridgehead atoms. The minimum absolute atomic E-state index is 0.143. The molecule has 4 N–H and O–H groups in total. The van der Waals surface area contributed by atoms with E-state index in [1.807, 2.05) is 12.1 Å². The number of esters is 1. The van der Waals surface area contributed by atoms with Crippen molar-refractivity contribution in [1.29, 1.82) is 0 Å². The van der Waals surface area contributed by atoms with Crippen molar-refractivity contribution in [3.05, 3.63) is 59.2 Å². The summed E-state index contributed by atoms with van der Waals surface area (Å²) in [6.45, 7) is 0. The van der Waals surface area contributed by atoms with Gasteiger partial charge in [0.1, 0.15) is 5.82 Å². The van der Waals surface area contributed by atoms with E-state index in [2.05, 4.69) is 26.5 Å². The Bertz CT molecular complexity index is 986. The first kappa shape index (κ1) is 15.3. The number of hydrogen-bond acceptors (Lipinski definition) is 6. The molecule has 6 heteroatoms. The van der Waals surface area contributed by atoms with Crippen LogP contribution in [0.3, 0.4) is 0 Å². The topological polar surface area (TPSA) is 104 Å². The van der Waals surface area contributed by atoms with Gasteiger partial charge in [0.25, 0.3) is 0 Å². The number of fused-ring (bicyclic) bond motifs is 1. The summed E-state index contributed by atoms with van der Waals surface area (Å²) in [4.78, 5) is 19.5. The number of carbonyl (C=O) groups excluding carboxylic acids is 1. The molecule has 6 nitrogen and oxygen atoms in total. The summed E-state index contributed by atoms with van der Waals surface area (Å²) in [6.07, 6.45) is 0. The van der Waals surface area contributed by atoms with Crippen LogP contribution in [0.25, 0.3) is 10.9 Å². The van der Waals surface area contributed by atoms with Crippen LogP contribution in [0.5, 0.6) is 0 Å². The van der Waals surface area contributed by atoms with Crippen molar-refractivity contribution in [2.75, 3.05) is 18.6 Å². The first-order valence-corrected chi connectivity index (χ1v) is 7.10. The molecule has 0 saturated heterocycles. The lowest BCUT2D eigenvalue weighted by molar-refractivity contribution is 0.0600.